The first-order valence-electron chi connectivity index (χ1n) is 33.6. The normalized spacial score (nSPS) is 6.57. The van der Waals surface area contributed by atoms with Gasteiger partial charge >= 0.3 is 0 Å². The van der Waals surface area contributed by atoms with E-state index in [1.807, 2.05) is 430 Å². The number of fused-ring (bicyclic) bond motifs is 1. The Balaban J connectivity index is -0.0000000472. The summed E-state index contributed by atoms with van der Waals surface area (Å²) in [5, 5.41) is 2.62. The standard InChI is InChI=1S/C10H8.8C6H6.3C3H8.10C2H6.CH4.2CH3.Y/c1-2-6-10-8-4-3-7-9(10)5-1;8*1-2-4-6-5-3-1;3*1-3-2;10*1-2;;;;/h1-8H;8*1-6H;3*3H2,1-2H3;10*1-2H3;1H4;2*1H3;/q;;;;;;;;;;;;;;;;;;;;;;;2*-1;. The quantitative estimate of drug-likeness (QED) is 0.133. The van der Waals surface area contributed by atoms with Crippen LogP contribution in [0.2, 0.25) is 0 Å². The second kappa shape index (κ2) is 166. The number of hydrogen-bond donors (Lipinski definition) is 0. The Labute approximate surface area is 600 Å². The predicted octanol–water partition coefficient (Wildman–Crippen LogP) is 32.4. The molecule has 0 heterocycles. The molecule has 1 heteroatoms. The molecule has 0 aliphatic heterocycles. The van der Waals surface area contributed by atoms with E-state index in [0.29, 0.717) is 0 Å². The van der Waals surface area contributed by atoms with E-state index in [2.05, 4.69) is 90.1 Å². The molecule has 0 saturated carbocycles. The van der Waals surface area contributed by atoms with Gasteiger partial charge in [0.15, 0.2) is 0 Å². The number of benzene rings is 10. The summed E-state index contributed by atoms with van der Waals surface area (Å²) in [4.78, 5) is 0. The fourth-order valence-electron chi connectivity index (χ4n) is 4.21. The van der Waals surface area contributed by atoms with E-state index < -0.39 is 0 Å². The van der Waals surface area contributed by atoms with E-state index in [-0.39, 0.29) is 55.0 Å². The molecule has 0 aliphatic carbocycles. The Morgan fingerprint density at radius 1 is 0.143 bits per heavy atom. The van der Waals surface area contributed by atoms with Crippen LogP contribution in [0.3, 0.4) is 0 Å². The van der Waals surface area contributed by atoms with Gasteiger partial charge in [-0.3, -0.25) is 0 Å². The summed E-state index contributed by atoms with van der Waals surface area (Å²) in [6.07, 6.45) is 3.75. The van der Waals surface area contributed by atoms with Crippen molar-refractivity contribution < 1.29 is 32.7 Å². The van der Waals surface area contributed by atoms with Gasteiger partial charge < -0.3 is 14.9 Å². The maximum atomic E-state index is 2.12. The van der Waals surface area contributed by atoms with E-state index in [4.69, 9.17) is 0 Å². The average Bonchev–Trinajstić information content (AvgIpc) is 3.23. The molecular formula is C90H150Y-2. The van der Waals surface area contributed by atoms with Crippen LogP contribution in [0.4, 0.5) is 0 Å². The van der Waals surface area contributed by atoms with Gasteiger partial charge in [0.1, 0.15) is 0 Å². The number of hydrogen-bond acceptors (Lipinski definition) is 0. The van der Waals surface area contributed by atoms with Gasteiger partial charge in [-0.15, -0.1) is 0 Å². The van der Waals surface area contributed by atoms with Crippen LogP contribution in [0.5, 0.6) is 0 Å². The maximum Gasteiger partial charge on any atom is 0 e. The van der Waals surface area contributed by atoms with Gasteiger partial charge in [0.05, 0.1) is 0 Å². The SMILES string of the molecule is C.CC.CC.CC.CC.CC.CC.CC.CC.CC.CC.CCC.CCC.CCC.[CH3-].[CH3-].[Y].c1ccc2ccccc2c1.c1ccccc1.c1ccccc1.c1ccccc1.c1ccccc1.c1ccccc1.c1ccccc1.c1ccccc1.c1ccccc1. The molecule has 515 valence electrons. The number of rotatable bonds is 0. The van der Waals surface area contributed by atoms with E-state index in [1.165, 1.54) is 30.0 Å². The second-order valence-corrected chi connectivity index (χ2v) is 13.7. The first kappa shape index (κ1) is 126. The summed E-state index contributed by atoms with van der Waals surface area (Å²) < 4.78 is 0. The topological polar surface area (TPSA) is 0 Å². The van der Waals surface area contributed by atoms with Gasteiger partial charge in [-0.2, -0.15) is 0 Å². The Morgan fingerprint density at radius 3 is 0.231 bits per heavy atom. The van der Waals surface area contributed by atoms with Crippen LogP contribution in [0.1, 0.15) is 207 Å². The molecule has 0 bridgehead atoms. The molecule has 0 aliphatic rings. The molecule has 0 fully saturated rings. The molecule has 0 nitrogen and oxygen atoms in total. The molecule has 0 unspecified atom stereocenters. The van der Waals surface area contributed by atoms with Gasteiger partial charge in [0.25, 0.3) is 0 Å². The summed E-state index contributed by atoms with van der Waals surface area (Å²) >= 11 is 0. The zero-order valence-electron chi connectivity index (χ0n) is 64.0. The molecule has 10 aromatic rings. The third-order valence-corrected chi connectivity index (χ3v) is 6.99. The summed E-state index contributed by atoms with van der Waals surface area (Å²) in [6.45, 7) is 52.8. The minimum absolute atomic E-state index is 0. The van der Waals surface area contributed by atoms with Gasteiger partial charge in [-0.25, -0.2) is 0 Å². The molecule has 1 radical (unpaired) electrons. The molecule has 0 amide bonds. The molecule has 0 aromatic heterocycles. The maximum absolute atomic E-state index is 2.12. The molecule has 10 aromatic carbocycles. The molecule has 91 heavy (non-hydrogen) atoms. The van der Waals surface area contributed by atoms with Crippen LogP contribution in [-0.4, -0.2) is 0 Å². The Bertz CT molecular complexity index is 1530. The molecule has 10 rings (SSSR count). The Hall–Kier alpha value is -6.44. The van der Waals surface area contributed by atoms with Crippen molar-refractivity contribution in [1.82, 2.24) is 0 Å². The first-order valence-corrected chi connectivity index (χ1v) is 33.6. The summed E-state index contributed by atoms with van der Waals surface area (Å²) in [5.74, 6) is 0. The second-order valence-electron chi connectivity index (χ2n) is 13.7. The van der Waals surface area contributed by atoms with E-state index in [1.54, 1.807) is 0 Å². The van der Waals surface area contributed by atoms with Crippen molar-refractivity contribution in [3.8, 4) is 0 Å². The molecule has 0 atom stereocenters. The smallest absolute Gasteiger partial charge is 0 e. The Kier molecular flexibility index (Phi) is 229. The van der Waals surface area contributed by atoms with Crippen molar-refractivity contribution in [3.05, 3.63) is 355 Å². The summed E-state index contributed by atoms with van der Waals surface area (Å²) in [7, 11) is 0. The van der Waals surface area contributed by atoms with Crippen LogP contribution in [0.15, 0.2) is 340 Å². The first-order chi connectivity index (χ1) is 43.2. The molecule has 0 saturated heterocycles. The predicted molar refractivity (Wildman–Crippen MR) is 436 cm³/mol. The van der Waals surface area contributed by atoms with Crippen molar-refractivity contribution in [1.29, 1.82) is 0 Å². The third kappa shape index (κ3) is 157. The minimum atomic E-state index is 0. The zero-order valence-corrected chi connectivity index (χ0v) is 66.9. The van der Waals surface area contributed by atoms with Crippen LogP contribution in [0.25, 0.3) is 10.8 Å². The monoisotopic (exact) mass is 1320 g/mol. The minimum Gasteiger partial charge on any atom is -0.358 e. The van der Waals surface area contributed by atoms with Crippen molar-refractivity contribution in [3.63, 3.8) is 0 Å². The summed E-state index contributed by atoms with van der Waals surface area (Å²) in [5.41, 5.74) is 0. The van der Waals surface area contributed by atoms with Crippen LogP contribution in [0, 0.1) is 14.9 Å². The third-order valence-electron chi connectivity index (χ3n) is 6.99. The fraction of sp³-hybridized carbons (Fsp3) is 0.333. The van der Waals surface area contributed by atoms with Crippen molar-refractivity contribution in [2.75, 3.05) is 0 Å². The van der Waals surface area contributed by atoms with Gasteiger partial charge in [-0.05, 0) is 10.8 Å². The molecule has 0 spiro atoms. The van der Waals surface area contributed by atoms with E-state index >= 15 is 0 Å². The average molecular weight is 1320 g/mol. The van der Waals surface area contributed by atoms with Crippen molar-refractivity contribution >= 4 is 10.8 Å². The van der Waals surface area contributed by atoms with Gasteiger partial charge in [-0.1, -0.05) is 546 Å². The fourth-order valence-corrected chi connectivity index (χ4v) is 4.21. The Morgan fingerprint density at radius 2 is 0.187 bits per heavy atom. The summed E-state index contributed by atoms with van der Waals surface area (Å²) in [6, 6.07) is 113. The van der Waals surface area contributed by atoms with Crippen molar-refractivity contribution in [2.45, 2.75) is 207 Å². The van der Waals surface area contributed by atoms with E-state index in [0.717, 1.165) is 0 Å². The van der Waals surface area contributed by atoms with Gasteiger partial charge in [0.2, 0.25) is 0 Å². The van der Waals surface area contributed by atoms with Crippen LogP contribution in [-0.2, 0) is 32.7 Å². The largest absolute Gasteiger partial charge is 0.358 e. The zero-order chi connectivity index (χ0) is 68.9. The molecular weight excluding hydrogens is 1170 g/mol. The van der Waals surface area contributed by atoms with Crippen LogP contribution >= 0.6 is 0 Å². The molecule has 0 N–H and O–H groups in total. The van der Waals surface area contributed by atoms with Gasteiger partial charge in [0, 0.05) is 32.7 Å². The van der Waals surface area contributed by atoms with Crippen LogP contribution < -0.4 is 0 Å². The van der Waals surface area contributed by atoms with E-state index in [9.17, 15) is 0 Å². The van der Waals surface area contributed by atoms with Crippen molar-refractivity contribution in [2.24, 2.45) is 0 Å².